The smallest absolute Gasteiger partial charge is 0.216 e. The van der Waals surface area contributed by atoms with Crippen molar-refractivity contribution in [2.24, 2.45) is 0 Å². The van der Waals surface area contributed by atoms with Crippen LogP contribution in [0, 0.1) is 0 Å². The van der Waals surface area contributed by atoms with E-state index in [2.05, 4.69) is 5.32 Å². The molecule has 110 valence electrons. The molecular formula is C13H17NO6. The number of aliphatic hydroxyl groups is 2. The number of carbonyl (C=O) groups excluding carboxylic acids is 2. The minimum atomic E-state index is -1.48. The van der Waals surface area contributed by atoms with Crippen LogP contribution in [0.25, 0.3) is 0 Å². The van der Waals surface area contributed by atoms with Crippen molar-refractivity contribution in [3.05, 3.63) is 23.3 Å². The average molecular weight is 283 g/mol. The zero-order chi connectivity index (χ0) is 15.3. The maximum atomic E-state index is 10.8. The largest absolute Gasteiger partial charge is 0.504 e. The van der Waals surface area contributed by atoms with Gasteiger partial charge in [-0.2, -0.15) is 0 Å². The minimum Gasteiger partial charge on any atom is -0.504 e. The number of rotatable bonds is 6. The molecule has 7 heteroatoms. The number of methoxy groups -OCH3 is 1. The topological polar surface area (TPSA) is 116 Å². The molecule has 0 fully saturated rings. The molecule has 2 atom stereocenters. The predicted molar refractivity (Wildman–Crippen MR) is 69.7 cm³/mol. The first-order valence-corrected chi connectivity index (χ1v) is 5.87. The van der Waals surface area contributed by atoms with E-state index < -0.39 is 12.2 Å². The summed E-state index contributed by atoms with van der Waals surface area (Å²) in [5.74, 6) is -0.720. The maximum absolute atomic E-state index is 10.8. The molecule has 0 aliphatic rings. The molecule has 0 bridgehead atoms. The number of phenolic OH excluding ortho intramolecular Hbond substituents is 1. The Kier molecular flexibility index (Phi) is 5.48. The molecule has 0 saturated heterocycles. The molecule has 1 aromatic rings. The van der Waals surface area contributed by atoms with Gasteiger partial charge in [0.05, 0.1) is 7.11 Å². The van der Waals surface area contributed by atoms with Crippen LogP contribution >= 0.6 is 0 Å². The summed E-state index contributed by atoms with van der Waals surface area (Å²) >= 11 is 0. The van der Waals surface area contributed by atoms with Crippen molar-refractivity contribution in [1.29, 1.82) is 0 Å². The van der Waals surface area contributed by atoms with E-state index in [0.717, 1.165) is 0 Å². The third-order valence-electron chi connectivity index (χ3n) is 2.73. The predicted octanol–water partition coefficient (Wildman–Crippen LogP) is -0.256. The summed E-state index contributed by atoms with van der Waals surface area (Å²) in [5.41, 5.74) is 0.129. The summed E-state index contributed by atoms with van der Waals surface area (Å²) < 4.78 is 4.88. The zero-order valence-corrected chi connectivity index (χ0v) is 11.2. The van der Waals surface area contributed by atoms with Gasteiger partial charge in [-0.1, -0.05) is 0 Å². The number of carbonyl (C=O) groups is 2. The van der Waals surface area contributed by atoms with Crippen molar-refractivity contribution in [3.8, 4) is 11.5 Å². The van der Waals surface area contributed by atoms with Crippen LogP contribution in [0.1, 0.15) is 28.9 Å². The van der Waals surface area contributed by atoms with E-state index in [1.165, 1.54) is 26.2 Å². The van der Waals surface area contributed by atoms with Crippen LogP contribution in [0.4, 0.5) is 0 Å². The highest BCUT2D eigenvalue weighted by atomic mass is 16.5. The Morgan fingerprint density at radius 3 is 2.60 bits per heavy atom. The highest BCUT2D eigenvalue weighted by Gasteiger charge is 2.24. The van der Waals surface area contributed by atoms with E-state index in [1.54, 1.807) is 0 Å². The molecule has 0 spiro atoms. The lowest BCUT2D eigenvalue weighted by atomic mass is 10.00. The van der Waals surface area contributed by atoms with Gasteiger partial charge in [-0.25, -0.2) is 0 Å². The molecule has 1 rings (SSSR count). The molecular weight excluding hydrogens is 266 g/mol. The van der Waals surface area contributed by atoms with E-state index in [0.29, 0.717) is 6.29 Å². The second-order valence-corrected chi connectivity index (χ2v) is 4.23. The van der Waals surface area contributed by atoms with Crippen LogP contribution in [0.3, 0.4) is 0 Å². The van der Waals surface area contributed by atoms with E-state index in [4.69, 9.17) is 4.74 Å². The van der Waals surface area contributed by atoms with E-state index in [9.17, 15) is 24.9 Å². The monoisotopic (exact) mass is 283 g/mol. The fraction of sp³-hybridized carbons (Fsp3) is 0.385. The molecule has 4 N–H and O–H groups in total. The number of ether oxygens (including phenoxy) is 1. The van der Waals surface area contributed by atoms with Crippen molar-refractivity contribution >= 4 is 12.2 Å². The van der Waals surface area contributed by atoms with Crippen molar-refractivity contribution < 1.29 is 29.6 Å². The van der Waals surface area contributed by atoms with Gasteiger partial charge in [0.25, 0.3) is 0 Å². The highest BCUT2D eigenvalue weighted by Crippen LogP contribution is 2.35. The lowest BCUT2D eigenvalue weighted by Gasteiger charge is -2.20. The summed E-state index contributed by atoms with van der Waals surface area (Å²) in [6.45, 7) is 1.08. The van der Waals surface area contributed by atoms with Gasteiger partial charge in [0, 0.05) is 24.6 Å². The summed E-state index contributed by atoms with van der Waals surface area (Å²) in [7, 11) is 1.30. The van der Waals surface area contributed by atoms with Gasteiger partial charge in [0.2, 0.25) is 5.91 Å². The van der Waals surface area contributed by atoms with E-state index >= 15 is 0 Å². The Morgan fingerprint density at radius 1 is 1.45 bits per heavy atom. The van der Waals surface area contributed by atoms with E-state index in [-0.39, 0.29) is 35.1 Å². The number of hydrogen-bond donors (Lipinski definition) is 4. The SMILES string of the molecule is COc1cc(C=O)cc(C(O)C(O)CNC(C)=O)c1O. The Balaban J connectivity index is 3.04. The van der Waals surface area contributed by atoms with Gasteiger partial charge < -0.3 is 25.4 Å². The Bertz CT molecular complexity index is 502. The molecule has 0 saturated carbocycles. The van der Waals surface area contributed by atoms with Gasteiger partial charge in [0.15, 0.2) is 11.5 Å². The number of phenols is 1. The zero-order valence-electron chi connectivity index (χ0n) is 11.2. The highest BCUT2D eigenvalue weighted by molar-refractivity contribution is 5.77. The number of aliphatic hydroxyl groups excluding tert-OH is 2. The Hall–Kier alpha value is -2.12. The van der Waals surface area contributed by atoms with Gasteiger partial charge in [0.1, 0.15) is 18.5 Å². The summed E-state index contributed by atoms with van der Waals surface area (Å²) in [6.07, 6.45) is -2.29. The molecule has 0 heterocycles. The number of benzene rings is 1. The molecule has 0 aliphatic heterocycles. The minimum absolute atomic E-state index is 0.00961. The van der Waals surface area contributed by atoms with Crippen molar-refractivity contribution in [2.75, 3.05) is 13.7 Å². The Morgan fingerprint density at radius 2 is 2.10 bits per heavy atom. The quantitative estimate of drug-likeness (QED) is 0.535. The fourth-order valence-corrected chi connectivity index (χ4v) is 1.67. The Labute approximate surface area is 115 Å². The van der Waals surface area contributed by atoms with Gasteiger partial charge in [-0.3, -0.25) is 9.59 Å². The maximum Gasteiger partial charge on any atom is 0.216 e. The first kappa shape index (κ1) is 15.9. The van der Waals surface area contributed by atoms with Crippen LogP contribution in [0.5, 0.6) is 11.5 Å². The second kappa shape index (κ2) is 6.88. The summed E-state index contributed by atoms with van der Waals surface area (Å²) in [5, 5.41) is 32.0. The third-order valence-corrected chi connectivity index (χ3v) is 2.73. The lowest BCUT2D eigenvalue weighted by Crippen LogP contribution is -2.34. The first-order valence-electron chi connectivity index (χ1n) is 5.87. The molecule has 0 aromatic heterocycles. The van der Waals surface area contributed by atoms with Crippen LogP contribution in [-0.4, -0.2) is 47.3 Å². The molecule has 1 amide bonds. The number of nitrogens with one attached hydrogen (secondary N) is 1. The molecule has 20 heavy (non-hydrogen) atoms. The average Bonchev–Trinajstić information content (AvgIpc) is 2.44. The fourth-order valence-electron chi connectivity index (χ4n) is 1.67. The number of aldehydes is 1. The molecule has 1 aromatic carbocycles. The molecule has 2 unspecified atom stereocenters. The third kappa shape index (κ3) is 3.69. The lowest BCUT2D eigenvalue weighted by molar-refractivity contribution is -0.119. The van der Waals surface area contributed by atoms with Crippen LogP contribution in [-0.2, 0) is 4.79 Å². The van der Waals surface area contributed by atoms with Crippen molar-refractivity contribution in [1.82, 2.24) is 5.32 Å². The summed E-state index contributed by atoms with van der Waals surface area (Å²) in [4.78, 5) is 21.6. The number of hydrogen-bond acceptors (Lipinski definition) is 6. The van der Waals surface area contributed by atoms with Crippen LogP contribution < -0.4 is 10.1 Å². The molecule has 7 nitrogen and oxygen atoms in total. The second-order valence-electron chi connectivity index (χ2n) is 4.23. The van der Waals surface area contributed by atoms with Gasteiger partial charge >= 0.3 is 0 Å². The van der Waals surface area contributed by atoms with Crippen LogP contribution in [0.2, 0.25) is 0 Å². The standard InChI is InChI=1S/C13H17NO6/c1-7(16)14-5-10(17)12(18)9-3-8(6-15)4-11(20-2)13(9)19/h3-4,6,10,12,17-19H,5H2,1-2H3,(H,14,16). The first-order chi connectivity index (χ1) is 9.40. The van der Waals surface area contributed by atoms with Gasteiger partial charge in [-0.15, -0.1) is 0 Å². The van der Waals surface area contributed by atoms with Gasteiger partial charge in [-0.05, 0) is 12.1 Å². The summed E-state index contributed by atoms with van der Waals surface area (Å²) in [6, 6.07) is 2.55. The number of amides is 1. The van der Waals surface area contributed by atoms with Crippen molar-refractivity contribution in [3.63, 3.8) is 0 Å². The molecule has 0 radical (unpaired) electrons. The van der Waals surface area contributed by atoms with Crippen molar-refractivity contribution in [2.45, 2.75) is 19.1 Å². The normalized spacial score (nSPS) is 13.4. The number of aromatic hydroxyl groups is 1. The molecule has 0 aliphatic carbocycles. The van der Waals surface area contributed by atoms with Crippen LogP contribution in [0.15, 0.2) is 12.1 Å². The van der Waals surface area contributed by atoms with E-state index in [1.807, 2.05) is 0 Å².